The molecule has 3 rings (SSSR count). The summed E-state index contributed by atoms with van der Waals surface area (Å²) in [7, 11) is 0. The van der Waals surface area contributed by atoms with Gasteiger partial charge in [-0.15, -0.1) is 0 Å². The van der Waals surface area contributed by atoms with Gasteiger partial charge in [-0.3, -0.25) is 9.79 Å². The summed E-state index contributed by atoms with van der Waals surface area (Å²) in [5, 5.41) is 0. The third-order valence-electron chi connectivity index (χ3n) is 4.24. The Morgan fingerprint density at radius 2 is 2.16 bits per heavy atom. The van der Waals surface area contributed by atoms with E-state index in [0.717, 1.165) is 23.0 Å². The summed E-state index contributed by atoms with van der Waals surface area (Å²) in [6.07, 6.45) is 5.61. The predicted octanol–water partition coefficient (Wildman–Crippen LogP) is 4.51. The average Bonchev–Trinajstić information content (AvgIpc) is 3.06. The monoisotopic (exact) mass is 403 g/mol. The molecule has 1 aromatic heterocycles. The third-order valence-corrected chi connectivity index (χ3v) is 4.69. The number of hydrogen-bond donors (Lipinski definition) is 1. The molecular formula is C19H19BrFN3O. The summed E-state index contributed by atoms with van der Waals surface area (Å²) in [4.78, 5) is 21.9. The van der Waals surface area contributed by atoms with Crippen LogP contribution < -0.4 is 0 Å². The first-order chi connectivity index (χ1) is 12.0. The standard InChI is InChI=1S/C19H19BrFN3O/c1-13(18-9-16(20)11-23-18)22-10-14-3-2-8-24(12-14)19(25)15-4-6-17(21)7-5-15/h4-7,9-11,14,23H,1-3,8,12H2/b22-10+/t14-/m1/s1. The van der Waals surface area contributed by atoms with Crippen molar-refractivity contribution in [3.63, 3.8) is 0 Å². The Balaban J connectivity index is 1.62. The van der Waals surface area contributed by atoms with E-state index in [1.807, 2.05) is 18.5 Å². The molecule has 0 unspecified atom stereocenters. The van der Waals surface area contributed by atoms with E-state index in [-0.39, 0.29) is 17.6 Å². The minimum atomic E-state index is -0.338. The highest BCUT2D eigenvalue weighted by molar-refractivity contribution is 9.10. The van der Waals surface area contributed by atoms with E-state index in [2.05, 4.69) is 32.5 Å². The van der Waals surface area contributed by atoms with E-state index in [1.165, 1.54) is 24.3 Å². The Morgan fingerprint density at radius 1 is 1.40 bits per heavy atom. The maximum atomic E-state index is 13.0. The highest BCUT2D eigenvalue weighted by atomic mass is 79.9. The lowest BCUT2D eigenvalue weighted by Crippen LogP contribution is -2.40. The van der Waals surface area contributed by atoms with Crippen LogP contribution in [0, 0.1) is 11.7 Å². The Kier molecular flexibility index (Phi) is 5.48. The maximum Gasteiger partial charge on any atom is 0.253 e. The van der Waals surface area contributed by atoms with Crippen LogP contribution in [-0.2, 0) is 0 Å². The van der Waals surface area contributed by atoms with Crippen molar-refractivity contribution in [3.8, 4) is 0 Å². The number of nitrogens with zero attached hydrogens (tertiary/aromatic N) is 2. The Labute approximate surface area is 154 Å². The molecule has 130 valence electrons. The zero-order valence-electron chi connectivity index (χ0n) is 13.7. The number of carbonyl (C=O) groups excluding carboxylic acids is 1. The molecule has 2 aromatic rings. The van der Waals surface area contributed by atoms with E-state index < -0.39 is 0 Å². The van der Waals surface area contributed by atoms with Gasteiger partial charge in [0.15, 0.2) is 0 Å². The van der Waals surface area contributed by atoms with Crippen molar-refractivity contribution in [2.75, 3.05) is 13.1 Å². The number of benzene rings is 1. The van der Waals surface area contributed by atoms with E-state index in [4.69, 9.17) is 0 Å². The molecule has 1 amide bonds. The van der Waals surface area contributed by atoms with Gasteiger partial charge in [-0.2, -0.15) is 0 Å². The van der Waals surface area contributed by atoms with Gasteiger partial charge in [0.05, 0.1) is 11.4 Å². The van der Waals surface area contributed by atoms with Crippen molar-refractivity contribution < 1.29 is 9.18 Å². The summed E-state index contributed by atoms with van der Waals surface area (Å²) in [5.74, 6) is -0.215. The van der Waals surface area contributed by atoms with Gasteiger partial charge in [0, 0.05) is 41.5 Å². The highest BCUT2D eigenvalue weighted by Crippen LogP contribution is 2.20. The molecule has 1 N–H and O–H groups in total. The number of halogens is 2. The summed E-state index contributed by atoms with van der Waals surface area (Å²) >= 11 is 3.39. The van der Waals surface area contributed by atoms with Gasteiger partial charge in [0.2, 0.25) is 0 Å². The highest BCUT2D eigenvalue weighted by Gasteiger charge is 2.23. The van der Waals surface area contributed by atoms with Crippen molar-refractivity contribution in [2.24, 2.45) is 10.9 Å². The summed E-state index contributed by atoms with van der Waals surface area (Å²) in [5.41, 5.74) is 2.03. The molecule has 4 nitrogen and oxygen atoms in total. The van der Waals surface area contributed by atoms with Crippen LogP contribution in [0.2, 0.25) is 0 Å². The SMILES string of the molecule is C=C(/N=C/[C@H]1CCCN(C(=O)c2ccc(F)cc2)C1)c1cc(Br)c[nH]1. The number of nitrogens with one attached hydrogen (secondary N) is 1. The summed E-state index contributed by atoms with van der Waals surface area (Å²) < 4.78 is 14.0. The lowest BCUT2D eigenvalue weighted by atomic mass is 9.98. The second kappa shape index (κ2) is 7.78. The first-order valence-corrected chi connectivity index (χ1v) is 8.94. The van der Waals surface area contributed by atoms with E-state index in [1.54, 1.807) is 4.90 Å². The van der Waals surface area contributed by atoms with Crippen molar-refractivity contribution in [2.45, 2.75) is 12.8 Å². The lowest BCUT2D eigenvalue weighted by Gasteiger charge is -2.31. The molecule has 1 aliphatic heterocycles. The van der Waals surface area contributed by atoms with E-state index in [0.29, 0.717) is 24.4 Å². The van der Waals surface area contributed by atoms with Crippen LogP contribution >= 0.6 is 15.9 Å². The van der Waals surface area contributed by atoms with Gasteiger partial charge in [-0.25, -0.2) is 4.39 Å². The molecule has 1 atom stereocenters. The average molecular weight is 404 g/mol. The van der Waals surface area contributed by atoms with Gasteiger partial charge in [-0.05, 0) is 59.1 Å². The van der Waals surface area contributed by atoms with E-state index in [9.17, 15) is 9.18 Å². The number of amides is 1. The fraction of sp³-hybridized carbons (Fsp3) is 0.263. The number of aromatic nitrogens is 1. The fourth-order valence-corrected chi connectivity index (χ4v) is 3.23. The Morgan fingerprint density at radius 3 is 2.84 bits per heavy atom. The number of hydrogen-bond acceptors (Lipinski definition) is 2. The number of aliphatic imine (C=N–C) groups is 1. The molecule has 1 fully saturated rings. The first kappa shape index (κ1) is 17.6. The number of piperidine rings is 1. The molecule has 1 aromatic carbocycles. The summed E-state index contributed by atoms with van der Waals surface area (Å²) in [6.45, 7) is 5.29. The van der Waals surface area contributed by atoms with Gasteiger partial charge >= 0.3 is 0 Å². The molecule has 0 bridgehead atoms. The van der Waals surface area contributed by atoms with Crippen LogP contribution in [0.15, 0.2) is 52.6 Å². The smallest absolute Gasteiger partial charge is 0.253 e. The number of carbonyl (C=O) groups is 1. The van der Waals surface area contributed by atoms with E-state index >= 15 is 0 Å². The predicted molar refractivity (Wildman–Crippen MR) is 101 cm³/mol. The molecule has 25 heavy (non-hydrogen) atoms. The molecule has 2 heterocycles. The number of rotatable bonds is 4. The quantitative estimate of drug-likeness (QED) is 0.749. The van der Waals surface area contributed by atoms with Gasteiger partial charge in [0.25, 0.3) is 5.91 Å². The topological polar surface area (TPSA) is 48.5 Å². The molecule has 6 heteroatoms. The molecule has 0 saturated carbocycles. The van der Waals surface area contributed by atoms with Crippen LogP contribution in [0.5, 0.6) is 0 Å². The third kappa shape index (κ3) is 4.45. The molecule has 0 spiro atoms. The zero-order chi connectivity index (χ0) is 17.8. The van der Waals surface area contributed by atoms with Gasteiger partial charge < -0.3 is 9.88 Å². The summed E-state index contributed by atoms with van der Waals surface area (Å²) in [6, 6.07) is 7.61. The van der Waals surface area contributed by atoms with Crippen LogP contribution in [0.3, 0.4) is 0 Å². The molecule has 0 aliphatic carbocycles. The Bertz CT molecular complexity index is 797. The largest absolute Gasteiger partial charge is 0.359 e. The molecule has 0 radical (unpaired) electrons. The first-order valence-electron chi connectivity index (χ1n) is 8.15. The van der Waals surface area contributed by atoms with Crippen molar-refractivity contribution in [3.05, 3.63) is 64.7 Å². The van der Waals surface area contributed by atoms with Crippen molar-refractivity contribution >= 4 is 33.7 Å². The van der Waals surface area contributed by atoms with Crippen LogP contribution in [0.25, 0.3) is 5.70 Å². The number of likely N-dealkylation sites (tertiary alicyclic amines) is 1. The number of aromatic amines is 1. The molecule has 1 saturated heterocycles. The Hall–Kier alpha value is -2.21. The molecular weight excluding hydrogens is 385 g/mol. The lowest BCUT2D eigenvalue weighted by molar-refractivity contribution is 0.0704. The van der Waals surface area contributed by atoms with Crippen molar-refractivity contribution in [1.29, 1.82) is 0 Å². The van der Waals surface area contributed by atoms with Gasteiger partial charge in [0.1, 0.15) is 5.82 Å². The normalized spacial score (nSPS) is 17.8. The number of H-pyrrole nitrogens is 1. The minimum Gasteiger partial charge on any atom is -0.359 e. The van der Waals surface area contributed by atoms with Crippen LogP contribution in [0.4, 0.5) is 4.39 Å². The molecule has 1 aliphatic rings. The minimum absolute atomic E-state index is 0.0646. The fourth-order valence-electron chi connectivity index (χ4n) is 2.89. The van der Waals surface area contributed by atoms with Crippen molar-refractivity contribution in [1.82, 2.24) is 9.88 Å². The second-order valence-corrected chi connectivity index (χ2v) is 7.03. The van der Waals surface area contributed by atoms with Gasteiger partial charge in [-0.1, -0.05) is 6.58 Å². The zero-order valence-corrected chi connectivity index (χ0v) is 15.3. The maximum absolute atomic E-state index is 13.0. The second-order valence-electron chi connectivity index (χ2n) is 6.12. The van der Waals surface area contributed by atoms with Crippen LogP contribution in [0.1, 0.15) is 28.9 Å². The van der Waals surface area contributed by atoms with Crippen LogP contribution in [-0.4, -0.2) is 35.1 Å².